The van der Waals surface area contributed by atoms with E-state index in [9.17, 15) is 0 Å². The Morgan fingerprint density at radius 2 is 2.14 bits per heavy atom. The van der Waals surface area contributed by atoms with Crippen molar-refractivity contribution in [3.63, 3.8) is 0 Å². The van der Waals surface area contributed by atoms with E-state index in [1.165, 1.54) is 0 Å². The molecule has 21 heavy (non-hydrogen) atoms. The average Bonchev–Trinajstić information content (AvgIpc) is 2.86. The molecule has 2 rings (SSSR count). The zero-order valence-electron chi connectivity index (χ0n) is 12.4. The van der Waals surface area contributed by atoms with Crippen LogP contribution in [-0.4, -0.2) is 53.9 Å². The topological polar surface area (TPSA) is 46.8 Å². The molecule has 0 amide bonds. The maximum atomic E-state index is 6.27. The predicted octanol–water partition coefficient (Wildman–Crippen LogP) is 2.56. The highest BCUT2D eigenvalue weighted by atomic mass is 35.5. The Balaban J connectivity index is 1.76. The summed E-state index contributed by atoms with van der Waals surface area (Å²) >= 11 is 18.0. The van der Waals surface area contributed by atoms with Gasteiger partial charge in [0.2, 0.25) is 0 Å². The van der Waals surface area contributed by atoms with Crippen molar-refractivity contribution in [3.05, 3.63) is 5.82 Å². The zero-order valence-corrected chi connectivity index (χ0v) is 14.7. The lowest BCUT2D eigenvalue weighted by Gasteiger charge is -2.37. The third kappa shape index (κ3) is 4.50. The maximum Gasteiger partial charge on any atom is 0.150 e. The summed E-state index contributed by atoms with van der Waals surface area (Å²) in [6.07, 6.45) is 5.57. The molecule has 8 heteroatoms. The summed E-state index contributed by atoms with van der Waals surface area (Å²) in [6, 6.07) is 0.409. The highest BCUT2D eigenvalue weighted by Crippen LogP contribution is 2.30. The first-order valence-corrected chi connectivity index (χ1v) is 8.52. The van der Waals surface area contributed by atoms with Gasteiger partial charge in [-0.15, -0.1) is 28.3 Å². The number of halogens is 2. The van der Waals surface area contributed by atoms with Crippen molar-refractivity contribution < 1.29 is 0 Å². The molecule has 5 nitrogen and oxygen atoms in total. The van der Waals surface area contributed by atoms with Crippen molar-refractivity contribution >= 4 is 40.4 Å². The average molecular weight is 350 g/mol. The van der Waals surface area contributed by atoms with Crippen molar-refractivity contribution in [3.8, 4) is 0 Å². The normalized spacial score (nSPS) is 25.8. The van der Waals surface area contributed by atoms with E-state index in [1.807, 2.05) is 7.05 Å². The first-order valence-electron chi connectivity index (χ1n) is 7.24. The molecule has 3 unspecified atom stereocenters. The van der Waals surface area contributed by atoms with Crippen molar-refractivity contribution in [2.75, 3.05) is 7.05 Å². The van der Waals surface area contributed by atoms with Gasteiger partial charge in [0.15, 0.2) is 5.82 Å². The Kier molecular flexibility index (Phi) is 6.20. The first-order chi connectivity index (χ1) is 9.99. The van der Waals surface area contributed by atoms with Crippen LogP contribution in [0.15, 0.2) is 0 Å². The molecule has 0 saturated heterocycles. The summed E-state index contributed by atoms with van der Waals surface area (Å²) in [6.45, 7) is 0. The summed E-state index contributed by atoms with van der Waals surface area (Å²) in [7, 11) is 3.92. The summed E-state index contributed by atoms with van der Waals surface area (Å²) in [5, 5.41) is 11.6. The lowest BCUT2D eigenvalue weighted by molar-refractivity contribution is 0.283. The van der Waals surface area contributed by atoms with E-state index in [4.69, 9.17) is 35.4 Å². The molecule has 0 radical (unpaired) electrons. The van der Waals surface area contributed by atoms with Gasteiger partial charge in [0, 0.05) is 26.6 Å². The number of hydrogen-bond donors (Lipinski definition) is 0. The van der Waals surface area contributed by atoms with E-state index in [1.54, 1.807) is 4.68 Å². The number of thiocarbonyl (C=S) groups is 1. The molecular formula is C13H21Cl2N5S. The fourth-order valence-electron chi connectivity index (χ4n) is 2.65. The molecule has 0 aliphatic heterocycles. The molecule has 1 aliphatic carbocycles. The van der Waals surface area contributed by atoms with Crippen LogP contribution >= 0.6 is 35.4 Å². The molecule has 3 atom stereocenters. The molecule has 1 fully saturated rings. The number of hydrogen-bond acceptors (Lipinski definition) is 4. The fraction of sp³-hybridized carbons (Fsp3) is 0.846. The van der Waals surface area contributed by atoms with Crippen LogP contribution in [-0.2, 0) is 13.5 Å². The van der Waals surface area contributed by atoms with Crippen LogP contribution in [0.3, 0.4) is 0 Å². The third-order valence-corrected chi connectivity index (χ3v) is 5.73. The molecule has 0 aromatic carbocycles. The van der Waals surface area contributed by atoms with Gasteiger partial charge in [-0.2, -0.15) is 0 Å². The standard InChI is InChI=1S/C13H21Cl2N5S/c1-19(9-6-7-10(14)11(15)8-9)13(21)5-3-4-12-16-17-18-20(12)2/h9-11H,3-8H2,1-2H3. The minimum atomic E-state index is 0.0420. The van der Waals surface area contributed by atoms with Gasteiger partial charge in [0.25, 0.3) is 0 Å². The van der Waals surface area contributed by atoms with E-state index in [0.717, 1.165) is 49.3 Å². The van der Waals surface area contributed by atoms with Gasteiger partial charge in [-0.1, -0.05) is 12.2 Å². The lowest BCUT2D eigenvalue weighted by Crippen LogP contribution is -2.42. The Morgan fingerprint density at radius 1 is 1.38 bits per heavy atom. The first kappa shape index (κ1) is 16.9. The fourth-order valence-corrected chi connectivity index (χ4v) is 3.50. The second-order valence-electron chi connectivity index (χ2n) is 5.58. The minimum absolute atomic E-state index is 0.0420. The monoisotopic (exact) mass is 349 g/mol. The lowest BCUT2D eigenvalue weighted by atomic mass is 9.93. The van der Waals surface area contributed by atoms with E-state index in [0.29, 0.717) is 6.04 Å². The molecule has 1 heterocycles. The number of aryl methyl sites for hydroxylation is 2. The summed E-state index contributed by atoms with van der Waals surface area (Å²) in [4.78, 5) is 3.18. The highest BCUT2D eigenvalue weighted by molar-refractivity contribution is 7.80. The number of alkyl halides is 2. The van der Waals surface area contributed by atoms with Gasteiger partial charge < -0.3 is 4.90 Å². The Labute approximate surface area is 141 Å². The van der Waals surface area contributed by atoms with E-state index in [-0.39, 0.29) is 10.8 Å². The van der Waals surface area contributed by atoms with Gasteiger partial charge in [-0.3, -0.25) is 0 Å². The molecule has 1 saturated carbocycles. The highest BCUT2D eigenvalue weighted by Gasteiger charge is 2.30. The van der Waals surface area contributed by atoms with Gasteiger partial charge in [-0.25, -0.2) is 4.68 Å². The molecule has 1 aromatic heterocycles. The largest absolute Gasteiger partial charge is 0.366 e. The summed E-state index contributed by atoms with van der Waals surface area (Å²) in [5.74, 6) is 0.893. The van der Waals surface area contributed by atoms with Crippen molar-refractivity contribution in [2.45, 2.75) is 55.3 Å². The van der Waals surface area contributed by atoms with Gasteiger partial charge in [0.1, 0.15) is 0 Å². The third-order valence-electron chi connectivity index (χ3n) is 4.11. The van der Waals surface area contributed by atoms with Crippen LogP contribution in [0, 0.1) is 0 Å². The van der Waals surface area contributed by atoms with Crippen LogP contribution in [0.4, 0.5) is 0 Å². The zero-order chi connectivity index (χ0) is 15.4. The quantitative estimate of drug-likeness (QED) is 0.603. The Hall–Kier alpha value is -0.460. The van der Waals surface area contributed by atoms with Crippen molar-refractivity contribution in [1.82, 2.24) is 25.1 Å². The second-order valence-corrected chi connectivity index (χ2v) is 7.17. The smallest absolute Gasteiger partial charge is 0.150 e. The van der Waals surface area contributed by atoms with Crippen LogP contribution in [0.1, 0.15) is 37.9 Å². The van der Waals surface area contributed by atoms with E-state index < -0.39 is 0 Å². The van der Waals surface area contributed by atoms with Crippen LogP contribution in [0.5, 0.6) is 0 Å². The van der Waals surface area contributed by atoms with E-state index in [2.05, 4.69) is 27.5 Å². The number of nitrogens with zero attached hydrogens (tertiary/aromatic N) is 5. The molecule has 118 valence electrons. The molecule has 0 N–H and O–H groups in total. The number of rotatable bonds is 5. The minimum Gasteiger partial charge on any atom is -0.366 e. The summed E-state index contributed by atoms with van der Waals surface area (Å²) in [5.41, 5.74) is 0. The summed E-state index contributed by atoms with van der Waals surface area (Å²) < 4.78 is 1.70. The van der Waals surface area contributed by atoms with Gasteiger partial charge >= 0.3 is 0 Å². The van der Waals surface area contributed by atoms with Gasteiger partial charge in [0.05, 0.1) is 15.7 Å². The Morgan fingerprint density at radius 3 is 2.76 bits per heavy atom. The Bertz CT molecular complexity index is 481. The second kappa shape index (κ2) is 7.70. The number of aromatic nitrogens is 4. The van der Waals surface area contributed by atoms with E-state index >= 15 is 0 Å². The molecule has 1 aromatic rings. The van der Waals surface area contributed by atoms with Crippen molar-refractivity contribution in [1.29, 1.82) is 0 Å². The molecular weight excluding hydrogens is 329 g/mol. The van der Waals surface area contributed by atoms with Crippen LogP contribution < -0.4 is 0 Å². The number of tetrazole rings is 1. The predicted molar refractivity (Wildman–Crippen MR) is 89.0 cm³/mol. The maximum absolute atomic E-state index is 6.27. The molecule has 1 aliphatic rings. The van der Waals surface area contributed by atoms with Crippen LogP contribution in [0.2, 0.25) is 0 Å². The van der Waals surface area contributed by atoms with Gasteiger partial charge in [-0.05, 0) is 42.5 Å². The molecule has 0 bridgehead atoms. The molecule has 0 spiro atoms. The SMILES string of the molecule is CN(C(=S)CCCc1nnnn1C)C1CCC(Cl)C(Cl)C1. The van der Waals surface area contributed by atoms with Crippen LogP contribution in [0.25, 0.3) is 0 Å². The van der Waals surface area contributed by atoms with Crippen molar-refractivity contribution in [2.24, 2.45) is 7.05 Å².